The van der Waals surface area contributed by atoms with E-state index in [-0.39, 0.29) is 45.3 Å². The van der Waals surface area contributed by atoms with Crippen LogP contribution in [0, 0.1) is 17.1 Å². The van der Waals surface area contributed by atoms with E-state index >= 15 is 4.39 Å². The first-order valence-electron chi connectivity index (χ1n) is 14.3. The number of carbonyl (C=O) groups is 1. The summed E-state index contributed by atoms with van der Waals surface area (Å²) in [6.07, 6.45) is 5.39. The minimum Gasteiger partial charge on any atom is -0.451 e. The Balaban J connectivity index is 2.19. The number of aromatic amines is 1. The number of aromatic nitrogens is 1. The van der Waals surface area contributed by atoms with Crippen molar-refractivity contribution >= 4 is 17.5 Å². The molecule has 1 unspecified atom stereocenters. The molecule has 1 atom stereocenters. The molecule has 1 heterocycles. The third-order valence-corrected chi connectivity index (χ3v) is 7.55. The van der Waals surface area contributed by atoms with Crippen LogP contribution in [0.4, 0.5) is 8.78 Å². The zero-order chi connectivity index (χ0) is 32.6. The number of allylic oxidation sites excluding steroid dienone is 3. The summed E-state index contributed by atoms with van der Waals surface area (Å²) in [5, 5.41) is 9.63. The van der Waals surface area contributed by atoms with Crippen molar-refractivity contribution < 1.29 is 18.3 Å². The van der Waals surface area contributed by atoms with Gasteiger partial charge in [0.15, 0.2) is 11.4 Å². The third-order valence-electron chi connectivity index (χ3n) is 7.33. The highest BCUT2D eigenvalue weighted by molar-refractivity contribution is 6.30. The number of amides is 1. The Kier molecular flexibility index (Phi) is 11.4. The molecule has 0 radical (unpaired) electrons. The van der Waals surface area contributed by atoms with Gasteiger partial charge in [-0.25, -0.2) is 8.78 Å². The number of aryl methyl sites for hydroxylation is 1. The number of alkyl halides is 1. The van der Waals surface area contributed by atoms with Crippen molar-refractivity contribution in [2.75, 3.05) is 0 Å². The molecular weight excluding hydrogens is 584 g/mol. The molecule has 0 aliphatic rings. The summed E-state index contributed by atoms with van der Waals surface area (Å²) >= 11 is 6.19. The fourth-order valence-electron chi connectivity index (χ4n) is 4.40. The number of nitrogens with zero attached hydrogens (tertiary/aromatic N) is 2. The van der Waals surface area contributed by atoms with Gasteiger partial charge in [0.25, 0.3) is 11.5 Å². The van der Waals surface area contributed by atoms with Gasteiger partial charge in [-0.2, -0.15) is 5.26 Å². The van der Waals surface area contributed by atoms with Crippen molar-refractivity contribution in [3.8, 4) is 22.9 Å². The molecule has 2 aromatic carbocycles. The van der Waals surface area contributed by atoms with E-state index in [0.29, 0.717) is 35.2 Å². The number of H-pyrrole nitrogens is 1. The van der Waals surface area contributed by atoms with Gasteiger partial charge in [0.2, 0.25) is 0 Å². The van der Waals surface area contributed by atoms with Crippen LogP contribution in [-0.2, 0) is 17.8 Å². The number of benzene rings is 2. The number of hydrogen-bond acceptors (Lipinski definition) is 4. The summed E-state index contributed by atoms with van der Waals surface area (Å²) < 4.78 is 35.6. The zero-order valence-electron chi connectivity index (χ0n) is 25.6. The number of pyridine rings is 1. The Labute approximate surface area is 261 Å². The van der Waals surface area contributed by atoms with E-state index in [1.165, 1.54) is 68.1 Å². The Morgan fingerprint density at radius 1 is 1.18 bits per heavy atom. The molecule has 0 saturated carbocycles. The van der Waals surface area contributed by atoms with Crippen LogP contribution in [-0.4, -0.2) is 21.5 Å². The number of nitrogens with one attached hydrogen (secondary N) is 1. The molecule has 230 valence electrons. The fraction of sp³-hybridized carbons (Fsp3) is 0.286. The molecule has 3 rings (SSSR count). The lowest BCUT2D eigenvalue weighted by molar-refractivity contribution is -0.127. The quantitative estimate of drug-likeness (QED) is 0.125. The van der Waals surface area contributed by atoms with Crippen LogP contribution >= 0.6 is 11.6 Å². The number of unbranched alkanes of at least 4 members (excludes halogenated alkanes) is 1. The average molecular weight is 620 g/mol. The maximum Gasteiger partial charge on any atom is 0.293 e. The predicted molar refractivity (Wildman–Crippen MR) is 170 cm³/mol. The summed E-state index contributed by atoms with van der Waals surface area (Å²) in [5.74, 6) is -1.30. The number of carbonyl (C=O) groups excluding carboxylic acids is 1. The van der Waals surface area contributed by atoms with Crippen LogP contribution in [0.1, 0.15) is 64.3 Å². The molecule has 1 aromatic heterocycles. The molecule has 0 saturated heterocycles. The highest BCUT2D eigenvalue weighted by atomic mass is 35.5. The first kappa shape index (κ1) is 34.0. The topological polar surface area (TPSA) is 86.2 Å². The predicted octanol–water partition coefficient (Wildman–Crippen LogP) is 8.57. The molecule has 0 bridgehead atoms. The summed E-state index contributed by atoms with van der Waals surface area (Å²) in [6, 6.07) is 13.5. The molecule has 1 N–H and O–H groups in total. The maximum atomic E-state index is 16.0. The van der Waals surface area contributed by atoms with Crippen LogP contribution < -0.4 is 10.3 Å². The molecule has 9 heteroatoms. The van der Waals surface area contributed by atoms with Crippen molar-refractivity contribution in [2.24, 2.45) is 0 Å². The van der Waals surface area contributed by atoms with Gasteiger partial charge in [0.1, 0.15) is 11.6 Å². The van der Waals surface area contributed by atoms with Gasteiger partial charge in [-0.1, -0.05) is 56.7 Å². The molecule has 0 aliphatic heterocycles. The van der Waals surface area contributed by atoms with Crippen molar-refractivity contribution in [3.05, 3.63) is 122 Å². The molecule has 0 fully saturated rings. The Hall–Kier alpha value is -4.48. The van der Waals surface area contributed by atoms with Crippen molar-refractivity contribution in [2.45, 2.75) is 66.1 Å². The Morgan fingerprint density at radius 2 is 1.86 bits per heavy atom. The molecule has 1 amide bonds. The van der Waals surface area contributed by atoms with E-state index < -0.39 is 17.4 Å². The van der Waals surface area contributed by atoms with Crippen LogP contribution in [0.2, 0.25) is 5.02 Å². The summed E-state index contributed by atoms with van der Waals surface area (Å²) in [5.41, 5.74) is -0.0412. The third kappa shape index (κ3) is 8.12. The van der Waals surface area contributed by atoms with Gasteiger partial charge >= 0.3 is 0 Å². The van der Waals surface area contributed by atoms with Crippen LogP contribution in [0.3, 0.4) is 0 Å². The number of halogens is 3. The first-order valence-corrected chi connectivity index (χ1v) is 14.6. The summed E-state index contributed by atoms with van der Waals surface area (Å²) in [4.78, 5) is 31.6. The maximum absolute atomic E-state index is 16.0. The van der Waals surface area contributed by atoms with Crippen molar-refractivity contribution in [1.29, 1.82) is 5.26 Å². The Morgan fingerprint density at radius 3 is 2.45 bits per heavy atom. The largest absolute Gasteiger partial charge is 0.451 e. The fourth-order valence-corrected chi connectivity index (χ4v) is 4.63. The summed E-state index contributed by atoms with van der Waals surface area (Å²) in [6.45, 7) is 11.9. The summed E-state index contributed by atoms with van der Waals surface area (Å²) in [7, 11) is 0. The second kappa shape index (κ2) is 14.8. The van der Waals surface area contributed by atoms with Gasteiger partial charge in [-0.3, -0.25) is 9.59 Å². The minimum atomic E-state index is -2.11. The second-order valence-corrected chi connectivity index (χ2v) is 11.0. The first-order chi connectivity index (χ1) is 20.8. The second-order valence-electron chi connectivity index (χ2n) is 10.6. The van der Waals surface area contributed by atoms with E-state index in [9.17, 15) is 19.2 Å². The molecule has 3 aromatic rings. The van der Waals surface area contributed by atoms with Gasteiger partial charge < -0.3 is 14.6 Å². The molecule has 6 nitrogen and oxygen atoms in total. The average Bonchev–Trinajstić information content (AvgIpc) is 2.99. The standard InChI is InChI=1S/C35H36ClF2N3O3/c1-7-9-10-15-41(21-26-18-30(33(42)40-31(26)8-2)25-11-13-28(37)14-12-25)34(43)32(23(5)35(6,38)22(3)4)44-29-17-24(20-39)16-27(36)19-29/h10-19H,3,7-9,21H2,1-2,4-6H3,(H,40,42). The van der Waals surface area contributed by atoms with E-state index in [0.717, 1.165) is 6.42 Å². The van der Waals surface area contributed by atoms with E-state index in [1.54, 1.807) is 12.3 Å². The van der Waals surface area contributed by atoms with E-state index in [4.69, 9.17) is 16.3 Å². The normalized spacial score (nSPS) is 13.2. The van der Waals surface area contributed by atoms with Crippen molar-refractivity contribution in [1.82, 2.24) is 9.88 Å². The lowest BCUT2D eigenvalue weighted by atomic mass is 9.91. The molecule has 44 heavy (non-hydrogen) atoms. The number of rotatable bonds is 12. The number of hydrogen-bond donors (Lipinski definition) is 1. The van der Waals surface area contributed by atoms with Gasteiger partial charge in [-0.15, -0.1) is 0 Å². The number of nitriles is 1. The van der Waals surface area contributed by atoms with Crippen LogP contribution in [0.5, 0.6) is 5.75 Å². The molecular formula is C35H36ClF2N3O3. The SMILES string of the molecule is C=C(C)C(C)(F)C(C)=C(Oc1cc(Cl)cc(C#N)c1)C(=O)N(C=CCCC)Cc1cc(-c2ccc(F)cc2)c(=O)[nH]c1CC. The van der Waals surface area contributed by atoms with Gasteiger partial charge in [0, 0.05) is 28.1 Å². The van der Waals surface area contributed by atoms with Crippen LogP contribution in [0.25, 0.3) is 11.1 Å². The minimum absolute atomic E-state index is 0.00238. The number of ether oxygens (including phenoxy) is 1. The highest BCUT2D eigenvalue weighted by Gasteiger charge is 2.34. The van der Waals surface area contributed by atoms with E-state index in [2.05, 4.69) is 11.6 Å². The lowest BCUT2D eigenvalue weighted by Crippen LogP contribution is -2.34. The monoisotopic (exact) mass is 619 g/mol. The van der Waals surface area contributed by atoms with Crippen LogP contribution in [0.15, 0.2) is 89.1 Å². The van der Waals surface area contributed by atoms with E-state index in [1.807, 2.05) is 26.0 Å². The molecule has 0 spiro atoms. The van der Waals surface area contributed by atoms with Gasteiger partial charge in [0.05, 0.1) is 18.2 Å². The lowest BCUT2D eigenvalue weighted by Gasteiger charge is -2.27. The zero-order valence-corrected chi connectivity index (χ0v) is 26.3. The van der Waals surface area contributed by atoms with Gasteiger partial charge in [-0.05, 0) is 86.7 Å². The Bertz CT molecular complexity index is 1700. The molecule has 0 aliphatic carbocycles. The highest BCUT2D eigenvalue weighted by Crippen LogP contribution is 2.34. The smallest absolute Gasteiger partial charge is 0.293 e. The van der Waals surface area contributed by atoms with Crippen molar-refractivity contribution in [3.63, 3.8) is 0 Å².